The van der Waals surface area contributed by atoms with Gasteiger partial charge in [0.25, 0.3) is 5.91 Å². The van der Waals surface area contributed by atoms with Crippen LogP contribution in [-0.4, -0.2) is 15.9 Å². The Hall–Kier alpha value is -2.82. The molecule has 0 spiro atoms. The van der Waals surface area contributed by atoms with Gasteiger partial charge >= 0.3 is 0 Å². The van der Waals surface area contributed by atoms with Crippen LogP contribution in [0.2, 0.25) is 0 Å². The highest BCUT2D eigenvalue weighted by molar-refractivity contribution is 5.99. The van der Waals surface area contributed by atoms with E-state index in [0.717, 1.165) is 0 Å². The van der Waals surface area contributed by atoms with Crippen LogP contribution in [0.4, 0.5) is 4.39 Å². The van der Waals surface area contributed by atoms with Gasteiger partial charge in [-0.15, -0.1) is 0 Å². The number of nitrogens with two attached hydrogens (primary N) is 1. The molecule has 0 saturated carbocycles. The summed E-state index contributed by atoms with van der Waals surface area (Å²) >= 11 is 0. The molecule has 0 fully saturated rings. The highest BCUT2D eigenvalue weighted by Crippen LogP contribution is 2.25. The van der Waals surface area contributed by atoms with Gasteiger partial charge in [-0.1, -0.05) is 24.3 Å². The zero-order valence-electron chi connectivity index (χ0n) is 10.4. The molecule has 0 aliphatic carbocycles. The molecule has 0 atom stereocenters. The van der Waals surface area contributed by atoms with E-state index >= 15 is 0 Å². The standard InChI is InChI=1S/C15H10FN3O/c16-10-6-2-1-5-9(10)13-14(15(17)20)19-12-8-4-3-7-11(12)18-13/h1-8H,(H2,17,20). The molecule has 1 amide bonds. The van der Waals surface area contributed by atoms with Gasteiger partial charge in [0, 0.05) is 5.56 Å². The minimum Gasteiger partial charge on any atom is -0.364 e. The van der Waals surface area contributed by atoms with E-state index in [2.05, 4.69) is 9.97 Å². The molecule has 0 aliphatic heterocycles. The number of para-hydroxylation sites is 2. The van der Waals surface area contributed by atoms with Crippen molar-refractivity contribution in [2.45, 2.75) is 0 Å². The average molecular weight is 267 g/mol. The van der Waals surface area contributed by atoms with Crippen molar-refractivity contribution in [1.82, 2.24) is 9.97 Å². The summed E-state index contributed by atoms with van der Waals surface area (Å²) in [5.41, 5.74) is 6.79. The number of nitrogens with zero attached hydrogens (tertiary/aromatic N) is 2. The molecule has 0 bridgehead atoms. The molecule has 2 aromatic carbocycles. The fourth-order valence-corrected chi connectivity index (χ4v) is 2.01. The Bertz CT molecular complexity index is 817. The van der Waals surface area contributed by atoms with Gasteiger partial charge in [-0.05, 0) is 24.3 Å². The number of hydrogen-bond donors (Lipinski definition) is 1. The molecule has 0 unspecified atom stereocenters. The zero-order chi connectivity index (χ0) is 14.1. The third-order valence-electron chi connectivity index (χ3n) is 2.93. The molecule has 4 nitrogen and oxygen atoms in total. The minimum absolute atomic E-state index is 0.0335. The summed E-state index contributed by atoms with van der Waals surface area (Å²) in [7, 11) is 0. The monoisotopic (exact) mass is 267 g/mol. The van der Waals surface area contributed by atoms with Crippen LogP contribution in [0.25, 0.3) is 22.3 Å². The van der Waals surface area contributed by atoms with Gasteiger partial charge in [0.05, 0.1) is 11.0 Å². The van der Waals surface area contributed by atoms with E-state index in [-0.39, 0.29) is 17.0 Å². The minimum atomic E-state index is -0.735. The predicted octanol–water partition coefficient (Wildman–Crippen LogP) is 2.53. The number of hydrogen-bond acceptors (Lipinski definition) is 3. The van der Waals surface area contributed by atoms with E-state index in [1.54, 1.807) is 42.5 Å². The van der Waals surface area contributed by atoms with Crippen molar-refractivity contribution < 1.29 is 9.18 Å². The molecule has 1 heterocycles. The lowest BCUT2D eigenvalue weighted by Crippen LogP contribution is -2.16. The number of rotatable bonds is 2. The first-order valence-electron chi connectivity index (χ1n) is 5.98. The van der Waals surface area contributed by atoms with Crippen molar-refractivity contribution in [3.8, 4) is 11.3 Å². The smallest absolute Gasteiger partial charge is 0.269 e. The quantitative estimate of drug-likeness (QED) is 0.775. The number of carbonyl (C=O) groups excluding carboxylic acids is 1. The first-order valence-corrected chi connectivity index (χ1v) is 5.98. The topological polar surface area (TPSA) is 68.9 Å². The van der Waals surface area contributed by atoms with Gasteiger partial charge in [0.15, 0.2) is 5.69 Å². The normalized spacial score (nSPS) is 10.7. The summed E-state index contributed by atoms with van der Waals surface area (Å²) in [6.45, 7) is 0. The van der Waals surface area contributed by atoms with Gasteiger partial charge in [-0.2, -0.15) is 0 Å². The molecular formula is C15H10FN3O. The summed E-state index contributed by atoms with van der Waals surface area (Å²) in [6.07, 6.45) is 0. The van der Waals surface area contributed by atoms with Crippen LogP contribution in [0.1, 0.15) is 10.5 Å². The molecule has 3 rings (SSSR count). The molecule has 2 N–H and O–H groups in total. The second-order valence-corrected chi connectivity index (χ2v) is 4.25. The summed E-state index contributed by atoms with van der Waals surface area (Å²) in [5, 5.41) is 0. The SMILES string of the molecule is NC(=O)c1nc2ccccc2nc1-c1ccccc1F. The average Bonchev–Trinajstić information content (AvgIpc) is 2.46. The molecule has 1 aromatic heterocycles. The Kier molecular flexibility index (Phi) is 2.87. The van der Waals surface area contributed by atoms with Crippen molar-refractivity contribution in [2.75, 3.05) is 0 Å². The first-order chi connectivity index (χ1) is 9.66. The number of halogens is 1. The van der Waals surface area contributed by atoms with E-state index in [1.807, 2.05) is 0 Å². The first kappa shape index (κ1) is 12.2. The number of primary amides is 1. The molecule has 3 aromatic rings. The third-order valence-corrected chi connectivity index (χ3v) is 2.93. The maximum absolute atomic E-state index is 13.9. The lowest BCUT2D eigenvalue weighted by Gasteiger charge is -2.08. The van der Waals surface area contributed by atoms with Crippen LogP contribution in [-0.2, 0) is 0 Å². The Morgan fingerprint density at radius 3 is 2.20 bits per heavy atom. The van der Waals surface area contributed by atoms with E-state index in [1.165, 1.54) is 6.07 Å². The molecule has 0 aliphatic rings. The Balaban J connectivity index is 2.36. The molecule has 0 saturated heterocycles. The van der Waals surface area contributed by atoms with Gasteiger partial charge < -0.3 is 5.73 Å². The van der Waals surface area contributed by atoms with Gasteiger partial charge in [0.2, 0.25) is 0 Å². The third kappa shape index (κ3) is 1.99. The number of benzene rings is 2. The molecule has 98 valence electrons. The largest absolute Gasteiger partial charge is 0.364 e. The summed E-state index contributed by atoms with van der Waals surface area (Å²) in [5.74, 6) is -1.21. The van der Waals surface area contributed by atoms with Gasteiger partial charge in [-0.3, -0.25) is 4.79 Å². The molecule has 0 radical (unpaired) electrons. The van der Waals surface area contributed by atoms with Crippen molar-refractivity contribution in [3.63, 3.8) is 0 Å². The molecule has 20 heavy (non-hydrogen) atoms. The maximum Gasteiger partial charge on any atom is 0.269 e. The van der Waals surface area contributed by atoms with Crippen LogP contribution >= 0.6 is 0 Å². The van der Waals surface area contributed by atoms with Crippen molar-refractivity contribution >= 4 is 16.9 Å². The van der Waals surface area contributed by atoms with Gasteiger partial charge in [0.1, 0.15) is 11.5 Å². The summed E-state index contributed by atoms with van der Waals surface area (Å²) in [4.78, 5) is 20.1. The Morgan fingerprint density at radius 1 is 0.950 bits per heavy atom. The lowest BCUT2D eigenvalue weighted by molar-refractivity contribution is 0.0996. The van der Waals surface area contributed by atoms with Crippen LogP contribution < -0.4 is 5.73 Å². The second-order valence-electron chi connectivity index (χ2n) is 4.25. The highest BCUT2D eigenvalue weighted by Gasteiger charge is 2.17. The lowest BCUT2D eigenvalue weighted by atomic mass is 10.1. The number of aromatic nitrogens is 2. The Morgan fingerprint density at radius 2 is 1.55 bits per heavy atom. The van der Waals surface area contributed by atoms with Crippen LogP contribution in [0, 0.1) is 5.82 Å². The zero-order valence-corrected chi connectivity index (χ0v) is 10.4. The molecular weight excluding hydrogens is 257 g/mol. The van der Waals surface area contributed by atoms with E-state index in [4.69, 9.17) is 5.73 Å². The predicted molar refractivity (Wildman–Crippen MR) is 73.4 cm³/mol. The van der Waals surface area contributed by atoms with Crippen molar-refractivity contribution in [1.29, 1.82) is 0 Å². The van der Waals surface area contributed by atoms with E-state index < -0.39 is 11.7 Å². The highest BCUT2D eigenvalue weighted by atomic mass is 19.1. The molecule has 5 heteroatoms. The van der Waals surface area contributed by atoms with Crippen LogP contribution in [0.3, 0.4) is 0 Å². The van der Waals surface area contributed by atoms with Crippen LogP contribution in [0.15, 0.2) is 48.5 Å². The number of fused-ring (bicyclic) bond motifs is 1. The number of amides is 1. The Labute approximate surface area is 114 Å². The second kappa shape index (κ2) is 4.70. The fraction of sp³-hybridized carbons (Fsp3) is 0. The summed E-state index contributed by atoms with van der Waals surface area (Å²) < 4.78 is 13.9. The summed E-state index contributed by atoms with van der Waals surface area (Å²) in [6, 6.07) is 13.1. The number of carbonyl (C=O) groups is 1. The fourth-order valence-electron chi connectivity index (χ4n) is 2.01. The van der Waals surface area contributed by atoms with E-state index in [0.29, 0.717) is 11.0 Å². The van der Waals surface area contributed by atoms with Gasteiger partial charge in [-0.25, -0.2) is 14.4 Å². The van der Waals surface area contributed by atoms with Crippen LogP contribution in [0.5, 0.6) is 0 Å². The van der Waals surface area contributed by atoms with E-state index in [9.17, 15) is 9.18 Å². The van der Waals surface area contributed by atoms with Crippen molar-refractivity contribution in [2.24, 2.45) is 5.73 Å². The maximum atomic E-state index is 13.9. The van der Waals surface area contributed by atoms with Crippen molar-refractivity contribution in [3.05, 3.63) is 60.0 Å².